The van der Waals surface area contributed by atoms with Crippen molar-refractivity contribution in [3.05, 3.63) is 30.1 Å². The van der Waals surface area contributed by atoms with Gasteiger partial charge in [0.2, 0.25) is 0 Å². The van der Waals surface area contributed by atoms with Crippen LogP contribution in [-0.4, -0.2) is 27.9 Å². The van der Waals surface area contributed by atoms with Crippen molar-refractivity contribution < 1.29 is 4.74 Å². The SMILES string of the molecule is Cc1nc(-c2ccc(OCCN)cc2)nn1C. The third kappa shape index (κ3) is 2.62. The van der Waals surface area contributed by atoms with E-state index in [1.165, 1.54) is 0 Å². The second-order valence-corrected chi connectivity index (χ2v) is 3.77. The first-order valence-electron chi connectivity index (χ1n) is 5.51. The van der Waals surface area contributed by atoms with E-state index in [2.05, 4.69) is 10.1 Å². The van der Waals surface area contributed by atoms with Crippen LogP contribution < -0.4 is 10.5 Å². The zero-order chi connectivity index (χ0) is 12.3. The van der Waals surface area contributed by atoms with Gasteiger partial charge < -0.3 is 10.5 Å². The van der Waals surface area contributed by atoms with Gasteiger partial charge in [-0.2, -0.15) is 5.10 Å². The molecule has 0 bridgehead atoms. The Morgan fingerprint density at radius 3 is 2.53 bits per heavy atom. The number of hydrogen-bond donors (Lipinski definition) is 1. The highest BCUT2D eigenvalue weighted by molar-refractivity contribution is 5.55. The predicted molar refractivity (Wildman–Crippen MR) is 65.7 cm³/mol. The lowest BCUT2D eigenvalue weighted by Gasteiger charge is -2.04. The summed E-state index contributed by atoms with van der Waals surface area (Å²) in [5.41, 5.74) is 6.35. The lowest BCUT2D eigenvalue weighted by Crippen LogP contribution is -2.10. The first-order valence-corrected chi connectivity index (χ1v) is 5.51. The molecule has 1 aromatic carbocycles. The summed E-state index contributed by atoms with van der Waals surface area (Å²) in [7, 11) is 1.88. The Hall–Kier alpha value is -1.88. The van der Waals surface area contributed by atoms with Crippen LogP contribution in [0.25, 0.3) is 11.4 Å². The van der Waals surface area contributed by atoms with E-state index in [9.17, 15) is 0 Å². The summed E-state index contributed by atoms with van der Waals surface area (Å²) in [5, 5.41) is 4.32. The number of nitrogens with zero attached hydrogens (tertiary/aromatic N) is 3. The summed E-state index contributed by atoms with van der Waals surface area (Å²) in [6.07, 6.45) is 0. The van der Waals surface area contributed by atoms with Crippen molar-refractivity contribution >= 4 is 0 Å². The van der Waals surface area contributed by atoms with Crippen molar-refractivity contribution in [1.29, 1.82) is 0 Å². The molecule has 1 heterocycles. The van der Waals surface area contributed by atoms with Gasteiger partial charge in [0.05, 0.1) is 0 Å². The number of aromatic nitrogens is 3. The van der Waals surface area contributed by atoms with Crippen LogP contribution in [0.3, 0.4) is 0 Å². The monoisotopic (exact) mass is 232 g/mol. The summed E-state index contributed by atoms with van der Waals surface area (Å²) in [5.74, 6) is 2.44. The predicted octanol–water partition coefficient (Wildman–Crippen LogP) is 1.13. The Morgan fingerprint density at radius 1 is 1.29 bits per heavy atom. The zero-order valence-electron chi connectivity index (χ0n) is 10.1. The standard InChI is InChI=1S/C12H16N4O/c1-9-14-12(15-16(9)2)10-3-5-11(6-4-10)17-8-7-13/h3-6H,7-8,13H2,1-2H3. The molecule has 0 saturated carbocycles. The van der Waals surface area contributed by atoms with E-state index in [4.69, 9.17) is 10.5 Å². The van der Waals surface area contributed by atoms with Crippen LogP contribution in [-0.2, 0) is 7.05 Å². The number of ether oxygens (including phenoxy) is 1. The second-order valence-electron chi connectivity index (χ2n) is 3.77. The van der Waals surface area contributed by atoms with E-state index < -0.39 is 0 Å². The first kappa shape index (κ1) is 11.6. The second kappa shape index (κ2) is 4.97. The largest absolute Gasteiger partial charge is 0.492 e. The van der Waals surface area contributed by atoms with Crippen LogP contribution in [0.4, 0.5) is 0 Å². The van der Waals surface area contributed by atoms with Crippen molar-refractivity contribution in [3.8, 4) is 17.1 Å². The fourth-order valence-corrected chi connectivity index (χ4v) is 1.46. The van der Waals surface area contributed by atoms with Gasteiger partial charge in [-0.3, -0.25) is 4.68 Å². The molecule has 90 valence electrons. The Kier molecular flexibility index (Phi) is 3.39. The van der Waals surface area contributed by atoms with Gasteiger partial charge in [-0.15, -0.1) is 0 Å². The lowest BCUT2D eigenvalue weighted by atomic mass is 10.2. The molecule has 5 nitrogen and oxygen atoms in total. The van der Waals surface area contributed by atoms with Crippen molar-refractivity contribution in [2.75, 3.05) is 13.2 Å². The lowest BCUT2D eigenvalue weighted by molar-refractivity contribution is 0.328. The van der Waals surface area contributed by atoms with E-state index in [-0.39, 0.29) is 0 Å². The number of nitrogens with two attached hydrogens (primary N) is 1. The van der Waals surface area contributed by atoms with E-state index in [1.54, 1.807) is 4.68 Å². The average molecular weight is 232 g/mol. The molecular weight excluding hydrogens is 216 g/mol. The maximum atomic E-state index is 5.40. The smallest absolute Gasteiger partial charge is 0.181 e. The number of aryl methyl sites for hydroxylation is 2. The van der Waals surface area contributed by atoms with E-state index in [1.807, 2.05) is 38.2 Å². The van der Waals surface area contributed by atoms with Gasteiger partial charge in [-0.1, -0.05) is 0 Å². The van der Waals surface area contributed by atoms with Crippen molar-refractivity contribution in [1.82, 2.24) is 14.8 Å². The molecule has 0 atom stereocenters. The van der Waals surface area contributed by atoms with Gasteiger partial charge in [-0.25, -0.2) is 4.98 Å². The molecule has 2 N–H and O–H groups in total. The van der Waals surface area contributed by atoms with Crippen molar-refractivity contribution in [3.63, 3.8) is 0 Å². The number of rotatable bonds is 4. The summed E-state index contributed by atoms with van der Waals surface area (Å²) in [6, 6.07) is 7.69. The molecule has 0 fully saturated rings. The summed E-state index contributed by atoms with van der Waals surface area (Å²) >= 11 is 0. The minimum atomic E-state index is 0.517. The number of hydrogen-bond acceptors (Lipinski definition) is 4. The van der Waals surface area contributed by atoms with E-state index >= 15 is 0 Å². The molecule has 0 aliphatic heterocycles. The molecule has 0 unspecified atom stereocenters. The highest BCUT2D eigenvalue weighted by Gasteiger charge is 2.05. The molecule has 0 spiro atoms. The van der Waals surface area contributed by atoms with Gasteiger partial charge >= 0.3 is 0 Å². The Morgan fingerprint density at radius 2 is 2.00 bits per heavy atom. The van der Waals surface area contributed by atoms with E-state index in [0.29, 0.717) is 13.2 Å². The molecule has 0 aliphatic rings. The Bertz CT molecular complexity index is 470. The van der Waals surface area contributed by atoms with Crippen LogP contribution in [0.2, 0.25) is 0 Å². The van der Waals surface area contributed by atoms with Crippen LogP contribution in [0.15, 0.2) is 24.3 Å². The molecule has 0 amide bonds. The molecule has 2 rings (SSSR count). The van der Waals surface area contributed by atoms with Crippen LogP contribution >= 0.6 is 0 Å². The Labute approximate surface area is 100 Å². The summed E-state index contributed by atoms with van der Waals surface area (Å²) < 4.78 is 7.16. The molecule has 5 heteroatoms. The molecule has 0 saturated heterocycles. The van der Waals surface area contributed by atoms with E-state index in [0.717, 1.165) is 23.0 Å². The molecular formula is C12H16N4O. The quantitative estimate of drug-likeness (QED) is 0.858. The molecule has 17 heavy (non-hydrogen) atoms. The zero-order valence-corrected chi connectivity index (χ0v) is 10.1. The third-order valence-electron chi connectivity index (χ3n) is 2.48. The van der Waals surface area contributed by atoms with Gasteiger partial charge in [0.15, 0.2) is 5.82 Å². The minimum absolute atomic E-state index is 0.517. The van der Waals surface area contributed by atoms with Gasteiger partial charge in [-0.05, 0) is 31.2 Å². The summed E-state index contributed by atoms with van der Waals surface area (Å²) in [6.45, 7) is 2.97. The third-order valence-corrected chi connectivity index (χ3v) is 2.48. The minimum Gasteiger partial charge on any atom is -0.492 e. The molecule has 2 aromatic rings. The maximum absolute atomic E-state index is 5.40. The fourth-order valence-electron chi connectivity index (χ4n) is 1.46. The van der Waals surface area contributed by atoms with Crippen molar-refractivity contribution in [2.24, 2.45) is 12.8 Å². The molecule has 1 aromatic heterocycles. The number of benzene rings is 1. The molecule has 0 radical (unpaired) electrons. The van der Waals surface area contributed by atoms with Crippen LogP contribution in [0, 0.1) is 6.92 Å². The van der Waals surface area contributed by atoms with Gasteiger partial charge in [0.1, 0.15) is 18.2 Å². The highest BCUT2D eigenvalue weighted by atomic mass is 16.5. The van der Waals surface area contributed by atoms with Crippen LogP contribution in [0.5, 0.6) is 5.75 Å². The maximum Gasteiger partial charge on any atom is 0.181 e. The average Bonchev–Trinajstić information content (AvgIpc) is 2.68. The van der Waals surface area contributed by atoms with Crippen molar-refractivity contribution in [2.45, 2.75) is 6.92 Å². The highest BCUT2D eigenvalue weighted by Crippen LogP contribution is 2.19. The summed E-state index contributed by atoms with van der Waals surface area (Å²) in [4.78, 5) is 4.36. The Balaban J connectivity index is 2.17. The normalized spacial score (nSPS) is 10.5. The first-order chi connectivity index (χ1) is 8.20. The molecule has 0 aliphatic carbocycles. The van der Waals surface area contributed by atoms with Gasteiger partial charge in [0.25, 0.3) is 0 Å². The van der Waals surface area contributed by atoms with Gasteiger partial charge in [0, 0.05) is 19.2 Å². The topological polar surface area (TPSA) is 66.0 Å². The fraction of sp³-hybridized carbons (Fsp3) is 0.333. The van der Waals surface area contributed by atoms with Crippen LogP contribution in [0.1, 0.15) is 5.82 Å².